The van der Waals surface area contributed by atoms with E-state index < -0.39 is 11.6 Å². The predicted octanol–water partition coefficient (Wildman–Crippen LogP) is 14.0. The molecule has 57 heavy (non-hydrogen) atoms. The molecular formula is C51H35Cl2NO3. The van der Waals surface area contributed by atoms with Gasteiger partial charge >= 0.3 is 0 Å². The van der Waals surface area contributed by atoms with Crippen LogP contribution >= 0.6 is 23.2 Å². The highest BCUT2D eigenvalue weighted by Gasteiger charge is 2.36. The smallest absolute Gasteiger partial charge is 0.205 e. The van der Waals surface area contributed by atoms with E-state index in [2.05, 4.69) is 116 Å². The molecule has 4 nitrogen and oxygen atoms in total. The van der Waals surface area contributed by atoms with E-state index >= 15 is 0 Å². The number of carbonyl (C=O) groups is 2. The molecule has 0 fully saturated rings. The number of ketones is 2. The SMILES string of the molecule is Cc1cc(-c2ccc(-c3ccccc3)cc2)c(N2/C(=C/C=C3C(=O)c4cc(Cl)c(Cl)cc4C3=O)Oc3c(C)cc(C)cc32)c(-c2ccc(-c3ccccc3)cc2)c1. The van der Waals surface area contributed by atoms with Crippen molar-refractivity contribution in [2.24, 2.45) is 0 Å². The molecule has 7 aromatic carbocycles. The lowest BCUT2D eigenvalue weighted by molar-refractivity contribution is 0.0988. The molecule has 0 bridgehead atoms. The molecule has 0 saturated carbocycles. The molecule has 0 unspecified atom stereocenters. The largest absolute Gasteiger partial charge is 0.438 e. The first-order valence-corrected chi connectivity index (χ1v) is 19.5. The van der Waals surface area contributed by atoms with Gasteiger partial charge in [0.2, 0.25) is 5.88 Å². The maximum Gasteiger partial charge on any atom is 0.205 e. The van der Waals surface area contributed by atoms with Gasteiger partial charge in [-0.2, -0.15) is 0 Å². The van der Waals surface area contributed by atoms with Crippen LogP contribution in [0.25, 0.3) is 44.5 Å². The standard InChI is InChI=1S/C51H35Cl2NO3/c1-30-24-32(3)51-46(27-30)54(47(57-51)23-22-39-49(55)42-28-44(52)45(53)29-43(42)50(39)56)48-40(37-18-14-35(15-19-37)33-10-6-4-7-11-33)25-31(2)26-41(48)38-20-16-36(17-21-38)34-12-8-5-9-13-34/h4-29H,1-3H3/b47-23-. The Hall–Kier alpha value is -6.46. The Labute approximate surface area is 341 Å². The Bertz CT molecular complexity index is 2680. The molecule has 6 heteroatoms. The molecule has 0 radical (unpaired) electrons. The zero-order valence-corrected chi connectivity index (χ0v) is 33.0. The van der Waals surface area contributed by atoms with E-state index in [9.17, 15) is 9.59 Å². The van der Waals surface area contributed by atoms with E-state index in [0.29, 0.717) is 11.6 Å². The topological polar surface area (TPSA) is 46.6 Å². The van der Waals surface area contributed by atoms with Gasteiger partial charge in [0.25, 0.3) is 0 Å². The average Bonchev–Trinajstić information content (AvgIpc) is 3.70. The van der Waals surface area contributed by atoms with Crippen molar-refractivity contribution in [3.05, 3.63) is 207 Å². The zero-order valence-electron chi connectivity index (χ0n) is 31.4. The first-order valence-electron chi connectivity index (χ1n) is 18.7. The lowest BCUT2D eigenvalue weighted by atomic mass is 9.91. The highest BCUT2D eigenvalue weighted by atomic mass is 35.5. The molecule has 0 amide bonds. The first-order chi connectivity index (χ1) is 27.6. The van der Waals surface area contributed by atoms with E-state index in [0.717, 1.165) is 72.6 Å². The van der Waals surface area contributed by atoms with Crippen molar-refractivity contribution >= 4 is 46.1 Å². The van der Waals surface area contributed by atoms with Crippen LogP contribution < -0.4 is 9.64 Å². The van der Waals surface area contributed by atoms with Gasteiger partial charge in [-0.25, -0.2) is 0 Å². The number of hydrogen-bond acceptors (Lipinski definition) is 4. The number of allylic oxidation sites excluding steroid dienone is 3. The van der Waals surface area contributed by atoms with Gasteiger partial charge in [0, 0.05) is 28.3 Å². The monoisotopic (exact) mass is 779 g/mol. The number of fused-ring (bicyclic) bond motifs is 2. The Kier molecular flexibility index (Phi) is 9.24. The number of carbonyl (C=O) groups excluding carboxylic acids is 2. The summed E-state index contributed by atoms with van der Waals surface area (Å²) in [7, 11) is 0. The molecule has 1 aliphatic carbocycles. The summed E-state index contributed by atoms with van der Waals surface area (Å²) in [6.07, 6.45) is 3.28. The van der Waals surface area contributed by atoms with Crippen molar-refractivity contribution in [3.63, 3.8) is 0 Å². The van der Waals surface area contributed by atoms with Crippen molar-refractivity contribution in [1.29, 1.82) is 0 Å². The number of Topliss-reactive ketones (excluding diaryl/α,β-unsaturated/α-hetero) is 2. The number of hydrogen-bond donors (Lipinski definition) is 0. The zero-order chi connectivity index (χ0) is 39.4. The third-order valence-corrected chi connectivity index (χ3v) is 11.3. The number of benzene rings is 7. The quantitative estimate of drug-likeness (QED) is 0.125. The summed E-state index contributed by atoms with van der Waals surface area (Å²) in [6.45, 7) is 6.21. The molecule has 0 saturated heterocycles. The van der Waals surface area contributed by atoms with Crippen molar-refractivity contribution in [2.75, 3.05) is 4.90 Å². The Balaban J connectivity index is 1.26. The van der Waals surface area contributed by atoms with Crippen molar-refractivity contribution in [2.45, 2.75) is 20.8 Å². The highest BCUT2D eigenvalue weighted by molar-refractivity contribution is 6.45. The Morgan fingerprint density at radius 1 is 0.491 bits per heavy atom. The lowest BCUT2D eigenvalue weighted by Crippen LogP contribution is -2.16. The molecular weight excluding hydrogens is 745 g/mol. The highest BCUT2D eigenvalue weighted by Crippen LogP contribution is 2.52. The van der Waals surface area contributed by atoms with Crippen LogP contribution in [-0.2, 0) is 0 Å². The van der Waals surface area contributed by atoms with E-state index in [4.69, 9.17) is 27.9 Å². The summed E-state index contributed by atoms with van der Waals surface area (Å²) < 4.78 is 6.75. The maximum absolute atomic E-state index is 13.6. The fraction of sp³-hybridized carbons (Fsp3) is 0.0588. The lowest BCUT2D eigenvalue weighted by Gasteiger charge is -2.26. The number of nitrogens with zero attached hydrogens (tertiary/aromatic N) is 1. The van der Waals surface area contributed by atoms with Gasteiger partial charge in [0.05, 0.1) is 27.0 Å². The second-order valence-electron chi connectivity index (χ2n) is 14.5. The van der Waals surface area contributed by atoms with Gasteiger partial charge in [0.1, 0.15) is 0 Å². The third kappa shape index (κ3) is 6.57. The Morgan fingerprint density at radius 3 is 1.42 bits per heavy atom. The van der Waals surface area contributed by atoms with Crippen molar-refractivity contribution < 1.29 is 14.3 Å². The summed E-state index contributed by atoms with van der Waals surface area (Å²) >= 11 is 12.5. The molecule has 1 aliphatic heterocycles. The van der Waals surface area contributed by atoms with E-state index in [-0.39, 0.29) is 26.7 Å². The summed E-state index contributed by atoms with van der Waals surface area (Å²) in [4.78, 5) is 29.4. The van der Waals surface area contributed by atoms with Crippen LogP contribution in [0.15, 0.2) is 169 Å². The fourth-order valence-electron chi connectivity index (χ4n) is 7.87. The molecule has 7 aromatic rings. The van der Waals surface area contributed by atoms with E-state index in [1.807, 2.05) is 43.3 Å². The number of ether oxygens (including phenoxy) is 1. The van der Waals surface area contributed by atoms with Crippen LogP contribution in [-0.4, -0.2) is 11.6 Å². The predicted molar refractivity (Wildman–Crippen MR) is 233 cm³/mol. The number of rotatable bonds is 6. The number of aryl methyl sites for hydroxylation is 3. The molecule has 0 atom stereocenters. The summed E-state index contributed by atoms with van der Waals surface area (Å²) in [6, 6.07) is 49.5. The molecule has 0 aromatic heterocycles. The molecule has 9 rings (SSSR count). The minimum atomic E-state index is -0.409. The van der Waals surface area contributed by atoms with Crippen LogP contribution in [0.1, 0.15) is 37.4 Å². The van der Waals surface area contributed by atoms with Crippen molar-refractivity contribution in [1.82, 2.24) is 0 Å². The van der Waals surface area contributed by atoms with Gasteiger partial charge in [0.15, 0.2) is 17.3 Å². The molecule has 0 spiro atoms. The van der Waals surface area contributed by atoms with Gasteiger partial charge < -0.3 is 4.74 Å². The summed E-state index contributed by atoms with van der Waals surface area (Å²) in [5, 5.41) is 0.437. The van der Waals surface area contributed by atoms with Crippen LogP contribution in [0.5, 0.6) is 5.75 Å². The third-order valence-electron chi connectivity index (χ3n) is 10.6. The van der Waals surface area contributed by atoms with Crippen LogP contribution in [0.3, 0.4) is 0 Å². The normalized spacial score (nSPS) is 13.9. The van der Waals surface area contributed by atoms with Gasteiger partial charge in [-0.05, 0) is 107 Å². The fourth-order valence-corrected chi connectivity index (χ4v) is 8.19. The maximum atomic E-state index is 13.6. The van der Waals surface area contributed by atoms with E-state index in [1.165, 1.54) is 12.1 Å². The second kappa shape index (κ2) is 14.6. The van der Waals surface area contributed by atoms with Gasteiger partial charge in [-0.15, -0.1) is 0 Å². The van der Waals surface area contributed by atoms with Crippen LogP contribution in [0, 0.1) is 20.8 Å². The first kappa shape index (κ1) is 36.2. The summed E-state index contributed by atoms with van der Waals surface area (Å²) in [5.41, 5.74) is 13.9. The van der Waals surface area contributed by atoms with Crippen LogP contribution in [0.2, 0.25) is 10.0 Å². The van der Waals surface area contributed by atoms with Crippen LogP contribution in [0.4, 0.5) is 11.4 Å². The van der Waals surface area contributed by atoms with Gasteiger partial charge in [-0.1, -0.05) is 138 Å². The minimum absolute atomic E-state index is 0.0144. The average molecular weight is 781 g/mol. The second-order valence-corrected chi connectivity index (χ2v) is 15.3. The summed E-state index contributed by atoms with van der Waals surface area (Å²) in [5.74, 6) is 0.334. The molecule has 2 aliphatic rings. The number of halogens is 2. The van der Waals surface area contributed by atoms with E-state index in [1.54, 1.807) is 12.2 Å². The molecule has 276 valence electrons. The van der Waals surface area contributed by atoms with Crippen molar-refractivity contribution in [3.8, 4) is 50.3 Å². The molecule has 0 N–H and O–H groups in total. The molecule has 1 heterocycles. The van der Waals surface area contributed by atoms with Gasteiger partial charge in [-0.3, -0.25) is 14.5 Å². The minimum Gasteiger partial charge on any atom is -0.438 e. The number of anilines is 2. The Morgan fingerprint density at radius 2 is 0.930 bits per heavy atom.